The summed E-state index contributed by atoms with van der Waals surface area (Å²) in [6, 6.07) is 8.51. The molecule has 1 aromatic rings. The van der Waals surface area contributed by atoms with Crippen LogP contribution in [0.15, 0.2) is 24.3 Å². The number of carbonyl (C=O) groups is 1. The molecule has 0 amide bonds. The molecule has 0 aromatic heterocycles. The largest absolute Gasteiger partial charge is 0.481 e. The lowest BCUT2D eigenvalue weighted by molar-refractivity contribution is -0.137. The van der Waals surface area contributed by atoms with Gasteiger partial charge in [0.05, 0.1) is 0 Å². The first-order chi connectivity index (χ1) is 8.63. The minimum absolute atomic E-state index is 0.259. The molecule has 0 spiro atoms. The van der Waals surface area contributed by atoms with Gasteiger partial charge < -0.3 is 10.4 Å². The molecule has 18 heavy (non-hydrogen) atoms. The van der Waals surface area contributed by atoms with E-state index in [1.807, 2.05) is 0 Å². The van der Waals surface area contributed by atoms with Crippen molar-refractivity contribution in [1.29, 1.82) is 0 Å². The van der Waals surface area contributed by atoms with E-state index >= 15 is 0 Å². The summed E-state index contributed by atoms with van der Waals surface area (Å²) in [7, 11) is 0. The Bertz CT molecular complexity index is 359. The number of hydrogen-bond acceptors (Lipinski definition) is 2. The predicted molar refractivity (Wildman–Crippen MR) is 75.1 cm³/mol. The van der Waals surface area contributed by atoms with E-state index in [9.17, 15) is 4.79 Å². The van der Waals surface area contributed by atoms with Gasteiger partial charge in [0.2, 0.25) is 0 Å². The Morgan fingerprint density at radius 3 is 2.50 bits per heavy atom. The number of carboxylic acids is 1. The van der Waals surface area contributed by atoms with Crippen LogP contribution in [0.5, 0.6) is 0 Å². The second kappa shape index (κ2) is 7.75. The van der Waals surface area contributed by atoms with Crippen LogP contribution in [-0.4, -0.2) is 17.6 Å². The van der Waals surface area contributed by atoms with Crippen molar-refractivity contribution < 1.29 is 9.90 Å². The van der Waals surface area contributed by atoms with Crippen molar-refractivity contribution in [2.75, 3.05) is 11.9 Å². The van der Waals surface area contributed by atoms with Crippen LogP contribution in [0.1, 0.15) is 51.0 Å². The second-order valence-electron chi connectivity index (χ2n) is 4.71. The molecule has 0 saturated carbocycles. The Morgan fingerprint density at radius 2 is 1.94 bits per heavy atom. The summed E-state index contributed by atoms with van der Waals surface area (Å²) in [5, 5.41) is 11.8. The molecule has 1 atom stereocenters. The van der Waals surface area contributed by atoms with Crippen molar-refractivity contribution >= 4 is 11.7 Å². The summed E-state index contributed by atoms with van der Waals surface area (Å²) in [6.07, 6.45) is 3.03. The molecule has 0 bridgehead atoms. The number of unbranched alkanes of at least 4 members (excludes halogenated alkanes) is 1. The molecule has 0 fully saturated rings. The molecule has 3 nitrogen and oxygen atoms in total. The monoisotopic (exact) mass is 249 g/mol. The maximum absolute atomic E-state index is 10.3. The molecular weight excluding hydrogens is 226 g/mol. The van der Waals surface area contributed by atoms with E-state index in [4.69, 9.17) is 5.11 Å². The zero-order valence-corrected chi connectivity index (χ0v) is 11.3. The van der Waals surface area contributed by atoms with Crippen LogP contribution >= 0.6 is 0 Å². The Balaban J connectivity index is 2.29. The van der Waals surface area contributed by atoms with Crippen LogP contribution in [0.3, 0.4) is 0 Å². The van der Waals surface area contributed by atoms with Gasteiger partial charge in [-0.15, -0.1) is 0 Å². The summed E-state index contributed by atoms with van der Waals surface area (Å²) < 4.78 is 0. The highest BCUT2D eigenvalue weighted by molar-refractivity contribution is 5.66. The van der Waals surface area contributed by atoms with Crippen LogP contribution in [-0.2, 0) is 4.79 Å². The van der Waals surface area contributed by atoms with Gasteiger partial charge >= 0.3 is 5.97 Å². The molecule has 0 saturated heterocycles. The molecule has 1 unspecified atom stereocenters. The fourth-order valence-electron chi connectivity index (χ4n) is 1.80. The Morgan fingerprint density at radius 1 is 1.28 bits per heavy atom. The maximum atomic E-state index is 10.3. The molecule has 0 heterocycles. The minimum atomic E-state index is -0.715. The van der Waals surface area contributed by atoms with Gasteiger partial charge in [0.15, 0.2) is 0 Å². The SMILES string of the molecule is CCC(C)c1ccc(NCCCCC(=O)O)cc1. The summed E-state index contributed by atoms with van der Waals surface area (Å²) in [5.41, 5.74) is 2.48. The second-order valence-corrected chi connectivity index (χ2v) is 4.71. The summed E-state index contributed by atoms with van der Waals surface area (Å²) in [6.45, 7) is 5.25. The van der Waals surface area contributed by atoms with E-state index in [0.717, 1.165) is 31.5 Å². The highest BCUT2D eigenvalue weighted by atomic mass is 16.4. The fraction of sp³-hybridized carbons (Fsp3) is 0.533. The van der Waals surface area contributed by atoms with Gasteiger partial charge in [0.25, 0.3) is 0 Å². The molecule has 0 radical (unpaired) electrons. The molecule has 1 rings (SSSR count). The van der Waals surface area contributed by atoms with E-state index in [1.165, 1.54) is 5.56 Å². The average Bonchev–Trinajstić information content (AvgIpc) is 2.38. The Kier molecular flexibility index (Phi) is 6.26. The fourth-order valence-corrected chi connectivity index (χ4v) is 1.80. The standard InChI is InChI=1S/C15H23NO2/c1-3-12(2)13-7-9-14(10-8-13)16-11-5-4-6-15(17)18/h7-10,12,16H,3-6,11H2,1-2H3,(H,17,18). The molecule has 0 aliphatic carbocycles. The molecule has 0 aliphatic rings. The molecule has 2 N–H and O–H groups in total. The van der Waals surface area contributed by atoms with Crippen molar-refractivity contribution in [2.24, 2.45) is 0 Å². The Labute approximate surface area is 109 Å². The summed E-state index contributed by atoms with van der Waals surface area (Å²) in [4.78, 5) is 10.3. The van der Waals surface area contributed by atoms with E-state index in [-0.39, 0.29) is 6.42 Å². The summed E-state index contributed by atoms with van der Waals surface area (Å²) in [5.74, 6) is -0.109. The van der Waals surface area contributed by atoms with Crippen LogP contribution in [0.25, 0.3) is 0 Å². The number of benzene rings is 1. The molecule has 100 valence electrons. The third-order valence-electron chi connectivity index (χ3n) is 3.24. The smallest absolute Gasteiger partial charge is 0.303 e. The lowest BCUT2D eigenvalue weighted by Gasteiger charge is -2.11. The first-order valence-corrected chi connectivity index (χ1v) is 6.69. The lowest BCUT2D eigenvalue weighted by Crippen LogP contribution is -2.03. The quantitative estimate of drug-likeness (QED) is 0.688. The van der Waals surface area contributed by atoms with E-state index in [2.05, 4.69) is 43.4 Å². The van der Waals surface area contributed by atoms with Gasteiger partial charge in [0.1, 0.15) is 0 Å². The van der Waals surface area contributed by atoms with E-state index < -0.39 is 5.97 Å². The minimum Gasteiger partial charge on any atom is -0.481 e. The number of carboxylic acid groups (broad SMARTS) is 1. The van der Waals surface area contributed by atoms with Crippen molar-refractivity contribution in [3.63, 3.8) is 0 Å². The number of rotatable bonds is 8. The zero-order valence-electron chi connectivity index (χ0n) is 11.3. The van der Waals surface area contributed by atoms with Crippen molar-refractivity contribution in [3.8, 4) is 0 Å². The van der Waals surface area contributed by atoms with Gasteiger partial charge in [-0.1, -0.05) is 26.0 Å². The molecule has 1 aromatic carbocycles. The van der Waals surface area contributed by atoms with Gasteiger partial charge in [-0.25, -0.2) is 0 Å². The van der Waals surface area contributed by atoms with Crippen LogP contribution in [0, 0.1) is 0 Å². The van der Waals surface area contributed by atoms with Gasteiger partial charge in [-0.3, -0.25) is 4.79 Å². The Hall–Kier alpha value is -1.51. The first-order valence-electron chi connectivity index (χ1n) is 6.69. The molecule has 0 aliphatic heterocycles. The number of anilines is 1. The third-order valence-corrected chi connectivity index (χ3v) is 3.24. The highest BCUT2D eigenvalue weighted by Gasteiger charge is 2.02. The van der Waals surface area contributed by atoms with E-state index in [0.29, 0.717) is 5.92 Å². The first kappa shape index (κ1) is 14.6. The molecule has 3 heteroatoms. The average molecular weight is 249 g/mol. The van der Waals surface area contributed by atoms with Crippen molar-refractivity contribution in [2.45, 2.75) is 45.4 Å². The highest BCUT2D eigenvalue weighted by Crippen LogP contribution is 2.20. The normalized spacial score (nSPS) is 12.1. The van der Waals surface area contributed by atoms with Crippen molar-refractivity contribution in [1.82, 2.24) is 0 Å². The van der Waals surface area contributed by atoms with E-state index in [1.54, 1.807) is 0 Å². The van der Waals surface area contributed by atoms with Gasteiger partial charge in [-0.2, -0.15) is 0 Å². The summed E-state index contributed by atoms with van der Waals surface area (Å²) >= 11 is 0. The zero-order chi connectivity index (χ0) is 13.4. The molecular formula is C15H23NO2. The van der Waals surface area contributed by atoms with Gasteiger partial charge in [-0.05, 0) is 42.9 Å². The predicted octanol–water partition coefficient (Wildman–Crippen LogP) is 3.87. The topological polar surface area (TPSA) is 49.3 Å². The maximum Gasteiger partial charge on any atom is 0.303 e. The third kappa shape index (κ3) is 5.21. The number of nitrogens with one attached hydrogen (secondary N) is 1. The van der Waals surface area contributed by atoms with Crippen LogP contribution < -0.4 is 5.32 Å². The van der Waals surface area contributed by atoms with Crippen molar-refractivity contribution in [3.05, 3.63) is 29.8 Å². The van der Waals surface area contributed by atoms with Gasteiger partial charge in [0, 0.05) is 18.7 Å². The van der Waals surface area contributed by atoms with Crippen LogP contribution in [0.4, 0.5) is 5.69 Å². The van der Waals surface area contributed by atoms with Crippen LogP contribution in [0.2, 0.25) is 0 Å². The lowest BCUT2D eigenvalue weighted by atomic mass is 9.99. The number of hydrogen-bond donors (Lipinski definition) is 2. The number of aliphatic carboxylic acids is 1.